The Kier molecular flexibility index (Phi) is 5.73. The molecule has 1 heterocycles. The molecule has 0 atom stereocenters. The van der Waals surface area contributed by atoms with E-state index in [4.69, 9.17) is 4.42 Å². The van der Waals surface area contributed by atoms with Crippen molar-refractivity contribution in [3.05, 3.63) is 82.0 Å². The van der Waals surface area contributed by atoms with Gasteiger partial charge in [-0.05, 0) is 58.4 Å². The predicted molar refractivity (Wildman–Crippen MR) is 100 cm³/mol. The fourth-order valence-corrected chi connectivity index (χ4v) is 2.74. The maximum Gasteiger partial charge on any atom is 0.418 e. The molecule has 5 nitrogen and oxygen atoms in total. The minimum Gasteiger partial charge on any atom is -0.444 e. The molecule has 0 aliphatic heterocycles. The standard InChI is InChI=1S/C19H11BrF4N2O3/c20-16-8-7-15(29-16)18(28)26-14-6-5-10(9-12(14)19(22,23)24)25-17(27)11-3-1-2-4-13(11)21/h1-9H,(H,25,27)(H,26,28). The van der Waals surface area contributed by atoms with Crippen molar-refractivity contribution in [2.75, 3.05) is 10.6 Å². The Bertz CT molecular complexity index is 1080. The zero-order chi connectivity index (χ0) is 21.2. The van der Waals surface area contributed by atoms with Crippen LogP contribution in [-0.2, 0) is 6.18 Å². The van der Waals surface area contributed by atoms with Crippen LogP contribution in [0.1, 0.15) is 26.5 Å². The number of furan rings is 1. The van der Waals surface area contributed by atoms with Crippen LogP contribution in [0.3, 0.4) is 0 Å². The maximum absolute atomic E-state index is 13.7. The third-order valence-corrected chi connectivity index (χ3v) is 4.17. The Hall–Kier alpha value is -3.14. The van der Waals surface area contributed by atoms with Crippen molar-refractivity contribution in [2.24, 2.45) is 0 Å². The number of halogens is 5. The summed E-state index contributed by atoms with van der Waals surface area (Å²) < 4.78 is 59.3. The predicted octanol–water partition coefficient (Wildman–Crippen LogP) is 5.70. The fraction of sp³-hybridized carbons (Fsp3) is 0.0526. The maximum atomic E-state index is 13.7. The summed E-state index contributed by atoms with van der Waals surface area (Å²) in [7, 11) is 0. The summed E-state index contributed by atoms with van der Waals surface area (Å²) in [4.78, 5) is 24.2. The number of amides is 2. The zero-order valence-corrected chi connectivity index (χ0v) is 15.9. The van der Waals surface area contributed by atoms with Gasteiger partial charge in [0.25, 0.3) is 11.8 Å². The number of carbonyl (C=O) groups is 2. The second-order valence-electron chi connectivity index (χ2n) is 5.75. The molecule has 10 heteroatoms. The van der Waals surface area contributed by atoms with E-state index >= 15 is 0 Å². The molecular formula is C19H11BrF4N2O3. The number of anilines is 2. The normalized spacial score (nSPS) is 11.2. The van der Waals surface area contributed by atoms with Gasteiger partial charge in [-0.25, -0.2) is 4.39 Å². The molecule has 0 saturated carbocycles. The molecule has 0 aliphatic carbocycles. The molecule has 2 amide bonds. The lowest BCUT2D eigenvalue weighted by Crippen LogP contribution is -2.18. The first-order valence-electron chi connectivity index (χ1n) is 7.99. The highest BCUT2D eigenvalue weighted by Crippen LogP contribution is 2.37. The average molecular weight is 471 g/mol. The zero-order valence-electron chi connectivity index (χ0n) is 14.3. The highest BCUT2D eigenvalue weighted by molar-refractivity contribution is 9.10. The molecule has 2 aromatic carbocycles. The van der Waals surface area contributed by atoms with Gasteiger partial charge in [0.05, 0.1) is 16.8 Å². The first-order chi connectivity index (χ1) is 13.6. The van der Waals surface area contributed by atoms with E-state index in [-0.39, 0.29) is 21.7 Å². The van der Waals surface area contributed by atoms with Gasteiger partial charge in [-0.15, -0.1) is 0 Å². The molecule has 0 spiro atoms. The minimum absolute atomic E-state index is 0.193. The Morgan fingerprint density at radius 2 is 1.66 bits per heavy atom. The molecule has 1 aromatic heterocycles. The molecular weight excluding hydrogens is 460 g/mol. The van der Waals surface area contributed by atoms with Gasteiger partial charge in [-0.3, -0.25) is 9.59 Å². The molecule has 0 radical (unpaired) electrons. The number of rotatable bonds is 4. The molecule has 0 aliphatic rings. The van der Waals surface area contributed by atoms with Crippen molar-refractivity contribution >= 4 is 39.1 Å². The molecule has 150 valence electrons. The van der Waals surface area contributed by atoms with Crippen molar-refractivity contribution in [2.45, 2.75) is 6.18 Å². The molecule has 2 N–H and O–H groups in total. The molecule has 0 fully saturated rings. The van der Waals surface area contributed by atoms with Crippen molar-refractivity contribution in [3.63, 3.8) is 0 Å². The summed E-state index contributed by atoms with van der Waals surface area (Å²) in [6.45, 7) is 0. The Morgan fingerprint density at radius 3 is 2.28 bits per heavy atom. The number of hydrogen-bond acceptors (Lipinski definition) is 3. The Morgan fingerprint density at radius 1 is 0.931 bits per heavy atom. The van der Waals surface area contributed by atoms with E-state index in [0.29, 0.717) is 6.07 Å². The van der Waals surface area contributed by atoms with Crippen molar-refractivity contribution < 1.29 is 31.6 Å². The highest BCUT2D eigenvalue weighted by Gasteiger charge is 2.34. The quantitative estimate of drug-likeness (QED) is 0.480. The van der Waals surface area contributed by atoms with Crippen LogP contribution in [0.5, 0.6) is 0 Å². The van der Waals surface area contributed by atoms with Crippen molar-refractivity contribution in [1.82, 2.24) is 0 Å². The first kappa shape index (κ1) is 20.6. The van der Waals surface area contributed by atoms with E-state index in [1.54, 1.807) is 0 Å². The average Bonchev–Trinajstić information content (AvgIpc) is 3.09. The Labute approximate surface area is 169 Å². The van der Waals surface area contributed by atoms with Crippen LogP contribution in [0.4, 0.5) is 28.9 Å². The van der Waals surface area contributed by atoms with Crippen LogP contribution in [0.2, 0.25) is 0 Å². The summed E-state index contributed by atoms with van der Waals surface area (Å²) >= 11 is 3.00. The topological polar surface area (TPSA) is 71.3 Å². The van der Waals surface area contributed by atoms with E-state index < -0.39 is 35.1 Å². The van der Waals surface area contributed by atoms with E-state index in [1.807, 2.05) is 0 Å². The minimum atomic E-state index is -4.83. The largest absolute Gasteiger partial charge is 0.444 e. The number of alkyl halides is 3. The lowest BCUT2D eigenvalue weighted by atomic mass is 10.1. The molecule has 0 bridgehead atoms. The van der Waals surface area contributed by atoms with E-state index in [0.717, 1.165) is 18.2 Å². The second kappa shape index (κ2) is 8.08. The van der Waals surface area contributed by atoms with E-state index in [9.17, 15) is 27.2 Å². The smallest absolute Gasteiger partial charge is 0.418 e. The summed E-state index contributed by atoms with van der Waals surface area (Å²) in [6, 6.07) is 10.5. The molecule has 0 saturated heterocycles. The van der Waals surface area contributed by atoms with Crippen LogP contribution >= 0.6 is 15.9 Å². The van der Waals surface area contributed by atoms with Crippen LogP contribution in [-0.4, -0.2) is 11.8 Å². The third kappa shape index (κ3) is 4.83. The number of carbonyl (C=O) groups excluding carboxylic acids is 2. The SMILES string of the molecule is O=C(Nc1ccc(NC(=O)c2ccccc2F)cc1C(F)(F)F)c1ccc(Br)o1. The molecule has 29 heavy (non-hydrogen) atoms. The highest BCUT2D eigenvalue weighted by atomic mass is 79.9. The fourth-order valence-electron chi connectivity index (χ4n) is 2.43. The summed E-state index contributed by atoms with van der Waals surface area (Å²) in [5.41, 5.74) is -2.26. The summed E-state index contributed by atoms with van der Waals surface area (Å²) in [6.07, 6.45) is -4.83. The third-order valence-electron chi connectivity index (χ3n) is 3.75. The van der Waals surface area contributed by atoms with Gasteiger partial charge in [0, 0.05) is 5.69 Å². The molecule has 3 rings (SSSR count). The number of benzene rings is 2. The van der Waals surface area contributed by atoms with Gasteiger partial charge in [-0.1, -0.05) is 12.1 Å². The number of nitrogens with one attached hydrogen (secondary N) is 2. The van der Waals surface area contributed by atoms with Crippen molar-refractivity contribution in [1.29, 1.82) is 0 Å². The van der Waals surface area contributed by atoms with E-state index in [1.165, 1.54) is 30.3 Å². The summed E-state index contributed by atoms with van der Waals surface area (Å²) in [5, 5.41) is 4.33. The van der Waals surface area contributed by atoms with Crippen LogP contribution in [0, 0.1) is 5.82 Å². The van der Waals surface area contributed by atoms with Crippen LogP contribution in [0.25, 0.3) is 0 Å². The van der Waals surface area contributed by atoms with Crippen LogP contribution < -0.4 is 10.6 Å². The first-order valence-corrected chi connectivity index (χ1v) is 8.78. The summed E-state index contributed by atoms with van der Waals surface area (Å²) in [5.74, 6) is -2.80. The molecule has 0 unspecified atom stereocenters. The van der Waals surface area contributed by atoms with Crippen molar-refractivity contribution in [3.8, 4) is 0 Å². The molecule has 3 aromatic rings. The lowest BCUT2D eigenvalue weighted by molar-refractivity contribution is -0.136. The van der Waals surface area contributed by atoms with Gasteiger partial charge in [-0.2, -0.15) is 13.2 Å². The van der Waals surface area contributed by atoms with E-state index in [2.05, 4.69) is 26.6 Å². The van der Waals surface area contributed by atoms with Gasteiger partial charge in [0.15, 0.2) is 10.4 Å². The van der Waals surface area contributed by atoms with Gasteiger partial charge in [0.1, 0.15) is 5.82 Å². The Balaban J connectivity index is 1.87. The monoisotopic (exact) mass is 470 g/mol. The second-order valence-corrected chi connectivity index (χ2v) is 6.53. The lowest BCUT2D eigenvalue weighted by Gasteiger charge is -2.15. The van der Waals surface area contributed by atoms with Gasteiger partial charge < -0.3 is 15.1 Å². The van der Waals surface area contributed by atoms with Gasteiger partial charge >= 0.3 is 6.18 Å². The van der Waals surface area contributed by atoms with Crippen LogP contribution in [0.15, 0.2) is 63.7 Å². The van der Waals surface area contributed by atoms with Gasteiger partial charge in [0.2, 0.25) is 0 Å². The number of hydrogen-bond donors (Lipinski definition) is 2.